The second-order valence-electron chi connectivity index (χ2n) is 5.13. The predicted molar refractivity (Wildman–Crippen MR) is 83.8 cm³/mol. The van der Waals surface area contributed by atoms with E-state index < -0.39 is 17.6 Å². The second-order valence-corrected chi connectivity index (χ2v) is 5.13. The Labute approximate surface area is 130 Å². The zero-order chi connectivity index (χ0) is 16.6. The summed E-state index contributed by atoms with van der Waals surface area (Å²) in [6, 6.07) is 10.6. The summed E-state index contributed by atoms with van der Waals surface area (Å²) in [5.74, 6) is -2.02. The lowest BCUT2D eigenvalue weighted by Crippen LogP contribution is -2.17. The third-order valence-electron chi connectivity index (χ3n) is 3.43. The smallest absolute Gasteiger partial charge is 0.286 e. The van der Waals surface area contributed by atoms with Gasteiger partial charge in [-0.25, -0.2) is 4.39 Å². The van der Waals surface area contributed by atoms with Crippen LogP contribution in [0.15, 0.2) is 46.9 Å². The molecular weight excluding hydrogens is 299 g/mol. The molecule has 0 saturated carbocycles. The predicted octanol–water partition coefficient (Wildman–Crippen LogP) is 3.23. The number of hydrogen-bond donors (Lipinski definition) is 2. The van der Waals surface area contributed by atoms with Crippen molar-refractivity contribution in [2.45, 2.75) is 6.92 Å². The Hall–Kier alpha value is -3.15. The third-order valence-corrected chi connectivity index (χ3v) is 3.43. The molecule has 0 radical (unpaired) electrons. The van der Waals surface area contributed by atoms with Crippen LogP contribution in [0, 0.1) is 12.7 Å². The van der Waals surface area contributed by atoms with Gasteiger partial charge < -0.3 is 15.5 Å². The van der Waals surface area contributed by atoms with Crippen molar-refractivity contribution in [3.63, 3.8) is 0 Å². The van der Waals surface area contributed by atoms with Gasteiger partial charge >= 0.3 is 0 Å². The number of aryl methyl sites for hydroxylation is 1. The number of nitrogens with one attached hydrogen (secondary N) is 1. The van der Waals surface area contributed by atoms with E-state index in [2.05, 4.69) is 5.32 Å². The van der Waals surface area contributed by atoms with Gasteiger partial charge in [-0.15, -0.1) is 0 Å². The van der Waals surface area contributed by atoms with E-state index in [4.69, 9.17) is 10.2 Å². The van der Waals surface area contributed by atoms with Crippen LogP contribution in [0.4, 0.5) is 10.1 Å². The van der Waals surface area contributed by atoms with Crippen molar-refractivity contribution in [2.24, 2.45) is 5.73 Å². The van der Waals surface area contributed by atoms with E-state index >= 15 is 0 Å². The summed E-state index contributed by atoms with van der Waals surface area (Å²) in [4.78, 5) is 23.9. The highest BCUT2D eigenvalue weighted by atomic mass is 19.1. The maximum absolute atomic E-state index is 13.5. The first-order valence-corrected chi connectivity index (χ1v) is 6.85. The quantitative estimate of drug-likeness (QED) is 0.778. The average Bonchev–Trinajstić information content (AvgIpc) is 2.86. The van der Waals surface area contributed by atoms with Crippen LogP contribution in [0.5, 0.6) is 0 Å². The van der Waals surface area contributed by atoms with E-state index in [1.807, 2.05) is 6.92 Å². The standard InChI is InChI=1S/C17H13FN2O3/c1-9-2-4-10(5-3-9)17(22)20-14-12-8-11(18)6-7-13(12)23-15(14)16(19)21/h2-8H,1H3,(H2,19,21)(H,20,22). The largest absolute Gasteiger partial charge is 0.449 e. The molecule has 6 heteroatoms. The van der Waals surface area contributed by atoms with E-state index in [0.29, 0.717) is 5.56 Å². The van der Waals surface area contributed by atoms with Crippen molar-refractivity contribution in [1.29, 1.82) is 0 Å². The van der Waals surface area contributed by atoms with Gasteiger partial charge in [-0.1, -0.05) is 17.7 Å². The van der Waals surface area contributed by atoms with Crippen molar-refractivity contribution < 1.29 is 18.4 Å². The Morgan fingerprint density at radius 2 is 1.83 bits per heavy atom. The van der Waals surface area contributed by atoms with Gasteiger partial charge in [-0.05, 0) is 37.3 Å². The molecule has 0 unspecified atom stereocenters. The van der Waals surface area contributed by atoms with Gasteiger partial charge in [0.25, 0.3) is 11.8 Å². The number of anilines is 1. The van der Waals surface area contributed by atoms with Crippen molar-refractivity contribution in [1.82, 2.24) is 0 Å². The van der Waals surface area contributed by atoms with Crippen LogP contribution in [-0.4, -0.2) is 11.8 Å². The highest BCUT2D eigenvalue weighted by Crippen LogP contribution is 2.31. The van der Waals surface area contributed by atoms with Crippen LogP contribution in [-0.2, 0) is 0 Å². The molecule has 0 aliphatic rings. The first-order valence-electron chi connectivity index (χ1n) is 6.85. The number of hydrogen-bond acceptors (Lipinski definition) is 3. The number of primary amides is 1. The first-order chi connectivity index (χ1) is 11.0. The molecule has 0 bridgehead atoms. The third kappa shape index (κ3) is 2.78. The number of fused-ring (bicyclic) bond motifs is 1. The van der Waals surface area contributed by atoms with Gasteiger partial charge in [-0.2, -0.15) is 0 Å². The summed E-state index contributed by atoms with van der Waals surface area (Å²) >= 11 is 0. The summed E-state index contributed by atoms with van der Waals surface area (Å²) in [5, 5.41) is 2.85. The van der Waals surface area contributed by atoms with Crippen LogP contribution in [0.3, 0.4) is 0 Å². The molecular formula is C17H13FN2O3. The molecule has 0 spiro atoms. The number of furan rings is 1. The summed E-state index contributed by atoms with van der Waals surface area (Å²) in [5.41, 5.74) is 7.01. The monoisotopic (exact) mass is 312 g/mol. The topological polar surface area (TPSA) is 85.3 Å². The molecule has 3 N–H and O–H groups in total. The average molecular weight is 312 g/mol. The highest BCUT2D eigenvalue weighted by molar-refractivity contribution is 6.14. The minimum atomic E-state index is -0.846. The van der Waals surface area contributed by atoms with Crippen molar-refractivity contribution in [3.05, 3.63) is 65.2 Å². The lowest BCUT2D eigenvalue weighted by atomic mass is 10.1. The number of nitrogens with two attached hydrogens (primary N) is 1. The fraction of sp³-hybridized carbons (Fsp3) is 0.0588. The Morgan fingerprint density at radius 3 is 2.48 bits per heavy atom. The van der Waals surface area contributed by atoms with Crippen molar-refractivity contribution in [3.8, 4) is 0 Å². The molecule has 3 rings (SSSR count). The SMILES string of the molecule is Cc1ccc(C(=O)Nc2c(C(N)=O)oc3ccc(F)cc23)cc1. The maximum atomic E-state index is 13.5. The molecule has 0 saturated heterocycles. The van der Waals surface area contributed by atoms with Crippen LogP contribution in [0.1, 0.15) is 26.5 Å². The van der Waals surface area contributed by atoms with Crippen molar-refractivity contribution >= 4 is 28.5 Å². The minimum Gasteiger partial charge on any atom is -0.449 e. The van der Waals surface area contributed by atoms with E-state index in [1.54, 1.807) is 24.3 Å². The van der Waals surface area contributed by atoms with E-state index in [1.165, 1.54) is 18.2 Å². The van der Waals surface area contributed by atoms with Crippen LogP contribution in [0.25, 0.3) is 11.0 Å². The Kier molecular flexibility index (Phi) is 3.57. The van der Waals surface area contributed by atoms with E-state index in [-0.39, 0.29) is 22.4 Å². The molecule has 3 aromatic rings. The number of amides is 2. The Balaban J connectivity index is 2.05. The molecule has 2 aromatic carbocycles. The highest BCUT2D eigenvalue weighted by Gasteiger charge is 2.21. The first kappa shape index (κ1) is 14.8. The second kappa shape index (κ2) is 5.57. The number of halogens is 1. The maximum Gasteiger partial charge on any atom is 0.286 e. The Morgan fingerprint density at radius 1 is 1.13 bits per heavy atom. The molecule has 23 heavy (non-hydrogen) atoms. The van der Waals surface area contributed by atoms with Gasteiger partial charge in [0.2, 0.25) is 5.76 Å². The van der Waals surface area contributed by atoms with E-state index in [0.717, 1.165) is 5.56 Å². The molecule has 1 aromatic heterocycles. The normalized spacial score (nSPS) is 10.7. The van der Waals surface area contributed by atoms with Gasteiger partial charge in [0.1, 0.15) is 17.1 Å². The fourth-order valence-corrected chi connectivity index (χ4v) is 2.26. The molecule has 1 heterocycles. The van der Waals surface area contributed by atoms with Gasteiger partial charge in [0, 0.05) is 10.9 Å². The lowest BCUT2D eigenvalue weighted by molar-refractivity contribution is 0.0977. The Bertz CT molecular complexity index is 913. The van der Waals surface area contributed by atoms with Crippen molar-refractivity contribution in [2.75, 3.05) is 5.32 Å². The number of benzene rings is 2. The zero-order valence-electron chi connectivity index (χ0n) is 12.2. The molecule has 0 aliphatic carbocycles. The van der Waals surface area contributed by atoms with Gasteiger partial charge in [0.15, 0.2) is 0 Å². The van der Waals surface area contributed by atoms with Crippen LogP contribution in [0.2, 0.25) is 0 Å². The lowest BCUT2D eigenvalue weighted by Gasteiger charge is -2.05. The molecule has 0 fully saturated rings. The molecule has 0 aliphatic heterocycles. The summed E-state index contributed by atoms with van der Waals surface area (Å²) in [6.45, 7) is 1.90. The number of carbonyl (C=O) groups excluding carboxylic acids is 2. The van der Waals surface area contributed by atoms with E-state index in [9.17, 15) is 14.0 Å². The molecule has 2 amide bonds. The molecule has 116 valence electrons. The summed E-state index contributed by atoms with van der Waals surface area (Å²) < 4.78 is 18.8. The van der Waals surface area contributed by atoms with Gasteiger partial charge in [0.05, 0.1) is 0 Å². The number of carbonyl (C=O) groups is 2. The molecule has 5 nitrogen and oxygen atoms in total. The summed E-state index contributed by atoms with van der Waals surface area (Å²) in [7, 11) is 0. The fourth-order valence-electron chi connectivity index (χ4n) is 2.26. The summed E-state index contributed by atoms with van der Waals surface area (Å²) in [6.07, 6.45) is 0. The number of rotatable bonds is 3. The zero-order valence-corrected chi connectivity index (χ0v) is 12.2. The van der Waals surface area contributed by atoms with Gasteiger partial charge in [-0.3, -0.25) is 9.59 Å². The van der Waals surface area contributed by atoms with Crippen LogP contribution < -0.4 is 11.1 Å². The molecule has 0 atom stereocenters. The van der Waals surface area contributed by atoms with Crippen LogP contribution >= 0.6 is 0 Å². The minimum absolute atomic E-state index is 0.0672.